The quantitative estimate of drug-likeness (QED) is 0.292. The maximum absolute atomic E-state index is 13.9. The number of esters is 1. The number of aliphatic imine (C=N–C) groups is 1. The van der Waals surface area contributed by atoms with Crippen molar-refractivity contribution >= 4 is 23.2 Å². The van der Waals surface area contributed by atoms with E-state index in [1.807, 2.05) is 41.8 Å². The molecule has 0 N–H and O–H groups in total. The predicted octanol–water partition coefficient (Wildman–Crippen LogP) is 5.12. The van der Waals surface area contributed by atoms with Crippen molar-refractivity contribution in [2.45, 2.75) is 13.5 Å². The summed E-state index contributed by atoms with van der Waals surface area (Å²) in [5, 5.41) is 0. The van der Waals surface area contributed by atoms with Gasteiger partial charge in [-0.1, -0.05) is 30.3 Å². The number of benzene rings is 3. The number of aromatic nitrogens is 2. The van der Waals surface area contributed by atoms with Gasteiger partial charge in [0.25, 0.3) is 6.01 Å². The van der Waals surface area contributed by atoms with Gasteiger partial charge in [0.1, 0.15) is 5.82 Å². The molecule has 4 rings (SSSR count). The number of rotatable bonds is 7. The molecule has 33 heavy (non-hydrogen) atoms. The first-order chi connectivity index (χ1) is 16.0. The SMILES string of the molecule is CCOc1nc2cccc(C(=O)OC)c2n1Cc1ccc(-c2cc(F)ccc2/C=N/C)cc1. The van der Waals surface area contributed by atoms with Crippen molar-refractivity contribution in [1.82, 2.24) is 9.55 Å². The zero-order chi connectivity index (χ0) is 23.4. The van der Waals surface area contributed by atoms with Crippen LogP contribution in [-0.2, 0) is 11.3 Å². The summed E-state index contributed by atoms with van der Waals surface area (Å²) in [6.45, 7) is 2.76. The molecule has 0 amide bonds. The monoisotopic (exact) mass is 445 g/mol. The summed E-state index contributed by atoms with van der Waals surface area (Å²) < 4.78 is 26.5. The molecule has 0 atom stereocenters. The molecule has 1 heterocycles. The fourth-order valence-corrected chi connectivity index (χ4v) is 3.83. The lowest BCUT2D eigenvalue weighted by Crippen LogP contribution is -2.09. The zero-order valence-electron chi connectivity index (χ0n) is 18.7. The molecule has 0 aliphatic heterocycles. The average Bonchev–Trinajstić information content (AvgIpc) is 3.17. The molecular weight excluding hydrogens is 421 g/mol. The molecule has 168 valence electrons. The third kappa shape index (κ3) is 4.48. The van der Waals surface area contributed by atoms with Gasteiger partial charge in [0.15, 0.2) is 0 Å². The van der Waals surface area contributed by atoms with Gasteiger partial charge in [-0.05, 0) is 53.9 Å². The van der Waals surface area contributed by atoms with E-state index < -0.39 is 5.97 Å². The molecule has 0 radical (unpaired) electrons. The number of halogens is 1. The lowest BCUT2D eigenvalue weighted by Gasteiger charge is -2.12. The molecule has 0 aliphatic rings. The summed E-state index contributed by atoms with van der Waals surface area (Å²) in [4.78, 5) is 21.0. The third-order valence-electron chi connectivity index (χ3n) is 5.30. The maximum atomic E-state index is 13.9. The van der Waals surface area contributed by atoms with Crippen molar-refractivity contribution in [3.05, 3.63) is 83.2 Å². The van der Waals surface area contributed by atoms with E-state index in [2.05, 4.69) is 9.98 Å². The Morgan fingerprint density at radius 3 is 2.64 bits per heavy atom. The minimum absolute atomic E-state index is 0.302. The van der Waals surface area contributed by atoms with Crippen molar-refractivity contribution in [3.8, 4) is 17.1 Å². The Labute approximate surface area is 191 Å². The molecule has 0 unspecified atom stereocenters. The number of nitrogens with zero attached hydrogens (tertiary/aromatic N) is 3. The predicted molar refractivity (Wildman–Crippen MR) is 127 cm³/mol. The first-order valence-electron chi connectivity index (χ1n) is 10.6. The van der Waals surface area contributed by atoms with E-state index in [0.29, 0.717) is 35.8 Å². The zero-order valence-corrected chi connectivity index (χ0v) is 18.7. The number of hydrogen-bond donors (Lipinski definition) is 0. The number of methoxy groups -OCH3 is 1. The Bertz CT molecular complexity index is 1330. The van der Waals surface area contributed by atoms with Gasteiger partial charge < -0.3 is 9.47 Å². The first kappa shape index (κ1) is 22.2. The van der Waals surface area contributed by atoms with Gasteiger partial charge in [-0.15, -0.1) is 0 Å². The van der Waals surface area contributed by atoms with Crippen LogP contribution in [0.25, 0.3) is 22.2 Å². The molecule has 4 aromatic rings. The topological polar surface area (TPSA) is 65.7 Å². The number of ether oxygens (including phenoxy) is 2. The Morgan fingerprint density at radius 1 is 1.15 bits per heavy atom. The van der Waals surface area contributed by atoms with Gasteiger partial charge in [-0.25, -0.2) is 9.18 Å². The Morgan fingerprint density at radius 2 is 1.94 bits per heavy atom. The van der Waals surface area contributed by atoms with Crippen molar-refractivity contribution in [2.24, 2.45) is 4.99 Å². The Kier molecular flexibility index (Phi) is 6.49. The highest BCUT2D eigenvalue weighted by atomic mass is 19.1. The number of imidazole rings is 1. The van der Waals surface area contributed by atoms with E-state index in [-0.39, 0.29) is 5.82 Å². The van der Waals surface area contributed by atoms with Crippen molar-refractivity contribution in [1.29, 1.82) is 0 Å². The van der Waals surface area contributed by atoms with Crippen LogP contribution in [0.2, 0.25) is 0 Å². The van der Waals surface area contributed by atoms with Crippen molar-refractivity contribution in [3.63, 3.8) is 0 Å². The molecule has 7 heteroatoms. The second-order valence-corrected chi connectivity index (χ2v) is 7.39. The number of para-hydroxylation sites is 1. The molecule has 0 aliphatic carbocycles. The van der Waals surface area contributed by atoms with Crippen LogP contribution in [0.3, 0.4) is 0 Å². The van der Waals surface area contributed by atoms with Crippen LogP contribution >= 0.6 is 0 Å². The summed E-state index contributed by atoms with van der Waals surface area (Å²) in [6, 6.07) is 18.2. The van der Waals surface area contributed by atoms with Crippen LogP contribution < -0.4 is 4.74 Å². The molecule has 0 saturated heterocycles. The molecule has 0 fully saturated rings. The third-order valence-corrected chi connectivity index (χ3v) is 5.30. The van der Waals surface area contributed by atoms with E-state index in [0.717, 1.165) is 22.3 Å². The summed E-state index contributed by atoms with van der Waals surface area (Å²) in [5.41, 5.74) is 5.19. The molecule has 6 nitrogen and oxygen atoms in total. The Hall–Kier alpha value is -4.00. The van der Waals surface area contributed by atoms with Crippen molar-refractivity contribution < 1.29 is 18.7 Å². The number of carbonyl (C=O) groups excluding carboxylic acids is 1. The van der Waals surface area contributed by atoms with Crippen molar-refractivity contribution in [2.75, 3.05) is 20.8 Å². The molecule has 0 saturated carbocycles. The molecule has 1 aromatic heterocycles. The van der Waals surface area contributed by atoms with Crippen LogP contribution in [0.1, 0.15) is 28.4 Å². The minimum atomic E-state index is -0.434. The lowest BCUT2D eigenvalue weighted by atomic mass is 9.99. The largest absolute Gasteiger partial charge is 0.465 e. The van der Waals surface area contributed by atoms with Gasteiger partial charge in [0.2, 0.25) is 0 Å². The van der Waals surface area contributed by atoms with Gasteiger partial charge in [-0.2, -0.15) is 4.98 Å². The minimum Gasteiger partial charge on any atom is -0.465 e. The van der Waals surface area contributed by atoms with E-state index in [4.69, 9.17) is 9.47 Å². The normalized spacial score (nSPS) is 11.3. The standard InChI is InChI=1S/C26H24FN3O3/c1-4-33-26-29-23-7-5-6-21(25(31)32-3)24(23)30(26)16-17-8-10-18(11-9-17)22-14-20(27)13-12-19(22)15-28-2/h5-15H,4,16H2,1-3H3/b28-15+. The summed E-state index contributed by atoms with van der Waals surface area (Å²) in [5.74, 6) is -0.736. The Balaban J connectivity index is 1.74. The fraction of sp³-hybridized carbons (Fsp3) is 0.192. The van der Waals surface area contributed by atoms with E-state index in [9.17, 15) is 9.18 Å². The molecule has 0 bridgehead atoms. The van der Waals surface area contributed by atoms with Crippen LogP contribution in [0.5, 0.6) is 6.01 Å². The highest BCUT2D eigenvalue weighted by Gasteiger charge is 2.19. The number of fused-ring (bicyclic) bond motifs is 1. The van der Waals surface area contributed by atoms with Gasteiger partial charge >= 0.3 is 5.97 Å². The van der Waals surface area contributed by atoms with E-state index in [1.54, 1.807) is 31.5 Å². The smallest absolute Gasteiger partial charge is 0.340 e. The summed E-state index contributed by atoms with van der Waals surface area (Å²) in [7, 11) is 3.04. The molecule has 0 spiro atoms. The maximum Gasteiger partial charge on any atom is 0.340 e. The summed E-state index contributed by atoms with van der Waals surface area (Å²) in [6.07, 6.45) is 1.71. The second-order valence-electron chi connectivity index (χ2n) is 7.39. The van der Waals surface area contributed by atoms with Crippen LogP contribution in [0.4, 0.5) is 4.39 Å². The number of hydrogen-bond acceptors (Lipinski definition) is 5. The van der Waals surface area contributed by atoms with Crippen LogP contribution in [-0.4, -0.2) is 42.5 Å². The second kappa shape index (κ2) is 9.65. The van der Waals surface area contributed by atoms with E-state index >= 15 is 0 Å². The van der Waals surface area contributed by atoms with Crippen LogP contribution in [0, 0.1) is 5.82 Å². The highest BCUT2D eigenvalue weighted by molar-refractivity contribution is 6.02. The lowest BCUT2D eigenvalue weighted by molar-refractivity contribution is 0.0602. The van der Waals surface area contributed by atoms with Gasteiger partial charge in [0.05, 0.1) is 36.9 Å². The first-order valence-corrected chi connectivity index (χ1v) is 10.6. The molecular formula is C26H24FN3O3. The fourth-order valence-electron chi connectivity index (χ4n) is 3.83. The number of carbonyl (C=O) groups is 1. The summed E-state index contributed by atoms with van der Waals surface area (Å²) >= 11 is 0. The molecule has 3 aromatic carbocycles. The highest BCUT2D eigenvalue weighted by Crippen LogP contribution is 2.28. The average molecular weight is 445 g/mol. The van der Waals surface area contributed by atoms with Gasteiger partial charge in [-0.3, -0.25) is 9.56 Å². The van der Waals surface area contributed by atoms with Crippen LogP contribution in [0.15, 0.2) is 65.7 Å². The van der Waals surface area contributed by atoms with E-state index in [1.165, 1.54) is 19.2 Å². The van der Waals surface area contributed by atoms with Gasteiger partial charge in [0, 0.05) is 18.8 Å².